The molecule has 1 aromatic rings. The maximum absolute atomic E-state index is 12.2. The monoisotopic (exact) mass is 310 g/mol. The zero-order valence-electron chi connectivity index (χ0n) is 12.4. The first-order valence-corrected chi connectivity index (χ1v) is 8.39. The number of aromatic nitrogens is 2. The number of nitrogens with one attached hydrogen (secondary N) is 2. The molecule has 0 bridgehead atoms. The van der Waals surface area contributed by atoms with Gasteiger partial charge in [-0.25, -0.2) is 4.98 Å². The number of carbonyl (C=O) groups is 1. The van der Waals surface area contributed by atoms with Crippen molar-refractivity contribution in [2.45, 2.75) is 31.3 Å². The fourth-order valence-electron chi connectivity index (χ4n) is 2.25. The van der Waals surface area contributed by atoms with E-state index in [1.807, 2.05) is 11.8 Å². The SMILES string of the molecule is CCCc1cc(=O)[nH]c(SCC(=O)N2CCCNCC2)n1. The molecule has 1 fully saturated rings. The van der Waals surface area contributed by atoms with E-state index in [-0.39, 0.29) is 11.5 Å². The van der Waals surface area contributed by atoms with Crippen LogP contribution in [0.15, 0.2) is 16.0 Å². The Morgan fingerprint density at radius 1 is 1.43 bits per heavy atom. The van der Waals surface area contributed by atoms with Crippen LogP contribution in [0.1, 0.15) is 25.5 Å². The van der Waals surface area contributed by atoms with Crippen molar-refractivity contribution in [3.05, 3.63) is 22.1 Å². The Morgan fingerprint density at radius 3 is 3.10 bits per heavy atom. The van der Waals surface area contributed by atoms with Crippen LogP contribution in [-0.2, 0) is 11.2 Å². The van der Waals surface area contributed by atoms with Gasteiger partial charge in [-0.3, -0.25) is 9.59 Å². The normalized spacial score (nSPS) is 15.8. The molecule has 2 heterocycles. The van der Waals surface area contributed by atoms with Gasteiger partial charge in [0.25, 0.3) is 5.56 Å². The van der Waals surface area contributed by atoms with Gasteiger partial charge in [0, 0.05) is 31.4 Å². The Bertz CT molecular complexity index is 524. The van der Waals surface area contributed by atoms with Gasteiger partial charge in [-0.05, 0) is 19.4 Å². The lowest BCUT2D eigenvalue weighted by molar-refractivity contribution is -0.128. The van der Waals surface area contributed by atoms with E-state index in [0.717, 1.165) is 51.1 Å². The van der Waals surface area contributed by atoms with Crippen LogP contribution in [0, 0.1) is 0 Å². The third-order valence-corrected chi connectivity index (χ3v) is 4.16. The van der Waals surface area contributed by atoms with Crippen LogP contribution < -0.4 is 10.9 Å². The second-order valence-corrected chi connectivity index (χ2v) is 6.03. The Kier molecular flexibility index (Phi) is 6.25. The summed E-state index contributed by atoms with van der Waals surface area (Å²) < 4.78 is 0. The van der Waals surface area contributed by atoms with Crippen molar-refractivity contribution >= 4 is 17.7 Å². The van der Waals surface area contributed by atoms with Crippen LogP contribution >= 0.6 is 11.8 Å². The van der Waals surface area contributed by atoms with Crippen molar-refractivity contribution < 1.29 is 4.79 Å². The third kappa shape index (κ3) is 5.17. The van der Waals surface area contributed by atoms with Gasteiger partial charge in [0.05, 0.1) is 5.75 Å². The van der Waals surface area contributed by atoms with Crippen LogP contribution in [0.2, 0.25) is 0 Å². The van der Waals surface area contributed by atoms with Crippen molar-refractivity contribution in [3.63, 3.8) is 0 Å². The van der Waals surface area contributed by atoms with Gasteiger partial charge >= 0.3 is 0 Å². The highest BCUT2D eigenvalue weighted by molar-refractivity contribution is 7.99. The van der Waals surface area contributed by atoms with Crippen LogP contribution in [0.5, 0.6) is 0 Å². The summed E-state index contributed by atoms with van der Waals surface area (Å²) >= 11 is 1.30. The number of nitrogens with zero attached hydrogens (tertiary/aromatic N) is 2. The smallest absolute Gasteiger partial charge is 0.251 e. The second-order valence-electron chi connectivity index (χ2n) is 5.06. The first-order chi connectivity index (χ1) is 10.2. The lowest BCUT2D eigenvalue weighted by Gasteiger charge is -2.19. The highest BCUT2D eigenvalue weighted by Gasteiger charge is 2.15. The molecule has 2 rings (SSSR count). The summed E-state index contributed by atoms with van der Waals surface area (Å²) in [5.41, 5.74) is 0.637. The van der Waals surface area contributed by atoms with Gasteiger partial charge in [-0.1, -0.05) is 25.1 Å². The van der Waals surface area contributed by atoms with Crippen molar-refractivity contribution in [2.75, 3.05) is 31.9 Å². The first kappa shape index (κ1) is 16.0. The van der Waals surface area contributed by atoms with Crippen LogP contribution in [0.4, 0.5) is 0 Å². The minimum atomic E-state index is -0.151. The number of H-pyrrole nitrogens is 1. The maximum Gasteiger partial charge on any atom is 0.251 e. The molecule has 1 amide bonds. The van der Waals surface area contributed by atoms with Gasteiger partial charge in [0.2, 0.25) is 5.91 Å². The first-order valence-electron chi connectivity index (χ1n) is 7.40. The van der Waals surface area contributed by atoms with E-state index in [0.29, 0.717) is 10.9 Å². The molecule has 1 saturated heterocycles. The van der Waals surface area contributed by atoms with Gasteiger partial charge < -0.3 is 15.2 Å². The van der Waals surface area contributed by atoms with E-state index in [4.69, 9.17) is 0 Å². The Labute approximate surface area is 128 Å². The summed E-state index contributed by atoms with van der Waals surface area (Å²) in [6.07, 6.45) is 2.71. The van der Waals surface area contributed by atoms with Crippen molar-refractivity contribution in [2.24, 2.45) is 0 Å². The molecule has 0 unspecified atom stereocenters. The standard InChI is InChI=1S/C14H22N4O2S/c1-2-4-11-9-12(19)17-14(16-11)21-10-13(20)18-7-3-5-15-6-8-18/h9,15H,2-8,10H2,1H3,(H,16,17,19). The second kappa shape index (κ2) is 8.19. The Hall–Kier alpha value is -1.34. The number of rotatable bonds is 5. The zero-order valence-corrected chi connectivity index (χ0v) is 13.2. The van der Waals surface area contributed by atoms with E-state index < -0.39 is 0 Å². The van der Waals surface area contributed by atoms with Crippen LogP contribution in [-0.4, -0.2) is 52.7 Å². The molecule has 1 aliphatic rings. The molecule has 1 aliphatic heterocycles. The Balaban J connectivity index is 1.92. The molecule has 2 N–H and O–H groups in total. The van der Waals surface area contributed by atoms with E-state index in [1.54, 1.807) is 0 Å². The number of hydrogen-bond donors (Lipinski definition) is 2. The fourth-order valence-corrected chi connectivity index (χ4v) is 3.05. The molecule has 0 atom stereocenters. The van der Waals surface area contributed by atoms with Gasteiger partial charge in [-0.15, -0.1) is 0 Å². The molecule has 0 spiro atoms. The number of thioether (sulfide) groups is 1. The van der Waals surface area contributed by atoms with Gasteiger partial charge in [0.1, 0.15) is 0 Å². The topological polar surface area (TPSA) is 78.1 Å². The van der Waals surface area contributed by atoms with Crippen molar-refractivity contribution in [1.29, 1.82) is 0 Å². The number of hydrogen-bond acceptors (Lipinski definition) is 5. The van der Waals surface area contributed by atoms with Crippen molar-refractivity contribution in [3.8, 4) is 0 Å². The molecular weight excluding hydrogens is 288 g/mol. The molecule has 116 valence electrons. The minimum Gasteiger partial charge on any atom is -0.341 e. The molecule has 0 saturated carbocycles. The lowest BCUT2D eigenvalue weighted by atomic mass is 10.2. The van der Waals surface area contributed by atoms with E-state index in [2.05, 4.69) is 15.3 Å². The summed E-state index contributed by atoms with van der Waals surface area (Å²) in [5.74, 6) is 0.422. The predicted molar refractivity (Wildman–Crippen MR) is 83.6 cm³/mol. The quantitative estimate of drug-likeness (QED) is 0.616. The summed E-state index contributed by atoms with van der Waals surface area (Å²) in [6, 6.07) is 1.52. The number of aromatic amines is 1. The van der Waals surface area contributed by atoms with Crippen LogP contribution in [0.25, 0.3) is 0 Å². The molecule has 21 heavy (non-hydrogen) atoms. The molecule has 0 aliphatic carbocycles. The van der Waals surface area contributed by atoms with E-state index in [1.165, 1.54) is 17.8 Å². The fraction of sp³-hybridized carbons (Fsp3) is 0.643. The van der Waals surface area contributed by atoms with Gasteiger partial charge in [-0.2, -0.15) is 0 Å². The number of amides is 1. The number of aryl methyl sites for hydroxylation is 1. The molecule has 0 aromatic carbocycles. The largest absolute Gasteiger partial charge is 0.341 e. The van der Waals surface area contributed by atoms with Gasteiger partial charge in [0.15, 0.2) is 5.16 Å². The minimum absolute atomic E-state index is 0.104. The maximum atomic E-state index is 12.2. The summed E-state index contributed by atoms with van der Waals surface area (Å²) in [4.78, 5) is 32.7. The third-order valence-electron chi connectivity index (χ3n) is 3.30. The molecule has 7 heteroatoms. The predicted octanol–water partition coefficient (Wildman–Crippen LogP) is 0.636. The summed E-state index contributed by atoms with van der Waals surface area (Å²) in [5, 5.41) is 3.81. The average Bonchev–Trinajstić information content (AvgIpc) is 2.73. The Morgan fingerprint density at radius 2 is 2.29 bits per heavy atom. The lowest BCUT2D eigenvalue weighted by Crippen LogP contribution is -2.35. The molecule has 6 nitrogen and oxygen atoms in total. The summed E-state index contributed by atoms with van der Waals surface area (Å²) in [6.45, 7) is 5.40. The van der Waals surface area contributed by atoms with E-state index >= 15 is 0 Å². The summed E-state index contributed by atoms with van der Waals surface area (Å²) in [7, 11) is 0. The zero-order chi connectivity index (χ0) is 15.1. The highest BCUT2D eigenvalue weighted by Crippen LogP contribution is 2.13. The van der Waals surface area contributed by atoms with Crippen molar-refractivity contribution in [1.82, 2.24) is 20.2 Å². The molecular formula is C14H22N4O2S. The average molecular weight is 310 g/mol. The molecule has 0 radical (unpaired) electrons. The number of carbonyl (C=O) groups excluding carboxylic acids is 1. The highest BCUT2D eigenvalue weighted by atomic mass is 32.2. The van der Waals surface area contributed by atoms with E-state index in [9.17, 15) is 9.59 Å². The molecule has 1 aromatic heterocycles. The van der Waals surface area contributed by atoms with Crippen LogP contribution in [0.3, 0.4) is 0 Å².